The van der Waals surface area contributed by atoms with Gasteiger partial charge in [-0.25, -0.2) is 4.68 Å². The number of rotatable bonds is 5. The molecule has 0 radical (unpaired) electrons. The van der Waals surface area contributed by atoms with Gasteiger partial charge in [-0.2, -0.15) is 0 Å². The molecule has 28 heavy (non-hydrogen) atoms. The van der Waals surface area contributed by atoms with E-state index >= 15 is 0 Å². The smallest absolute Gasteiger partial charge is 0.261 e. The highest BCUT2D eigenvalue weighted by atomic mass is 35.5. The summed E-state index contributed by atoms with van der Waals surface area (Å²) in [5.74, 6) is -0.205. The molecule has 0 spiro atoms. The van der Waals surface area contributed by atoms with Gasteiger partial charge in [-0.15, -0.1) is 16.4 Å². The van der Waals surface area contributed by atoms with Gasteiger partial charge in [0.2, 0.25) is 0 Å². The molecule has 1 N–H and O–H groups in total. The summed E-state index contributed by atoms with van der Waals surface area (Å²) in [7, 11) is 0. The van der Waals surface area contributed by atoms with Gasteiger partial charge in [0.1, 0.15) is 5.69 Å². The fourth-order valence-electron chi connectivity index (χ4n) is 2.61. The van der Waals surface area contributed by atoms with E-state index in [1.807, 2.05) is 24.3 Å². The van der Waals surface area contributed by atoms with Gasteiger partial charge in [-0.05, 0) is 42.5 Å². The zero-order chi connectivity index (χ0) is 19.5. The van der Waals surface area contributed by atoms with Crippen LogP contribution in [-0.4, -0.2) is 25.5 Å². The van der Waals surface area contributed by atoms with Gasteiger partial charge in [-0.1, -0.05) is 22.9 Å². The molecule has 3 aromatic heterocycles. The maximum absolute atomic E-state index is 12.1. The molecular formula is C19H14ClN5O2S. The van der Waals surface area contributed by atoms with Crippen LogP contribution in [0.4, 0.5) is 0 Å². The average Bonchev–Trinajstić information content (AvgIpc) is 3.36. The minimum absolute atomic E-state index is 0.0962. The second kappa shape index (κ2) is 7.79. The van der Waals surface area contributed by atoms with Gasteiger partial charge in [0.05, 0.1) is 27.6 Å². The van der Waals surface area contributed by atoms with E-state index in [0.29, 0.717) is 14.9 Å². The molecule has 0 atom stereocenters. The van der Waals surface area contributed by atoms with Crippen molar-refractivity contribution in [2.45, 2.75) is 6.54 Å². The molecule has 0 aliphatic heterocycles. The van der Waals surface area contributed by atoms with Gasteiger partial charge >= 0.3 is 0 Å². The molecule has 0 aliphatic rings. The molecule has 140 valence electrons. The van der Waals surface area contributed by atoms with E-state index in [1.54, 1.807) is 45.9 Å². The van der Waals surface area contributed by atoms with Crippen molar-refractivity contribution in [2.75, 3.05) is 0 Å². The predicted molar refractivity (Wildman–Crippen MR) is 107 cm³/mol. The molecule has 0 fully saturated rings. The van der Waals surface area contributed by atoms with E-state index in [9.17, 15) is 9.59 Å². The Morgan fingerprint density at radius 1 is 1.07 bits per heavy atom. The maximum atomic E-state index is 12.1. The van der Waals surface area contributed by atoms with Crippen LogP contribution in [0, 0.1) is 0 Å². The molecule has 4 rings (SSSR count). The standard InChI is InChI=1S/C19H14ClN5O2S/c20-17-9-8-16(28-17)19(27)21-11-13-12-25(23-22-13)15-6-4-14(5-7-15)24-10-2-1-3-18(24)26/h1-10,12H,11H2,(H,21,27). The number of nitrogens with one attached hydrogen (secondary N) is 1. The Labute approximate surface area is 168 Å². The quantitative estimate of drug-likeness (QED) is 0.547. The zero-order valence-corrected chi connectivity index (χ0v) is 16.0. The predicted octanol–water partition coefficient (Wildman–Crippen LogP) is 3.06. The van der Waals surface area contributed by atoms with Crippen LogP contribution >= 0.6 is 22.9 Å². The van der Waals surface area contributed by atoms with Crippen molar-refractivity contribution >= 4 is 28.8 Å². The summed E-state index contributed by atoms with van der Waals surface area (Å²) in [6.07, 6.45) is 3.46. The monoisotopic (exact) mass is 411 g/mol. The molecule has 7 nitrogen and oxygen atoms in total. The maximum Gasteiger partial charge on any atom is 0.261 e. The van der Waals surface area contributed by atoms with Crippen molar-refractivity contribution in [3.8, 4) is 11.4 Å². The summed E-state index contributed by atoms with van der Waals surface area (Å²) in [6, 6.07) is 15.7. The van der Waals surface area contributed by atoms with Gasteiger partial charge in [0.15, 0.2) is 0 Å². The van der Waals surface area contributed by atoms with Crippen molar-refractivity contribution in [2.24, 2.45) is 0 Å². The molecule has 9 heteroatoms. The largest absolute Gasteiger partial charge is 0.346 e. The molecule has 1 aromatic carbocycles. The Hall–Kier alpha value is -3.23. The number of amides is 1. The number of nitrogens with zero attached hydrogens (tertiary/aromatic N) is 4. The van der Waals surface area contributed by atoms with E-state index in [4.69, 9.17) is 11.6 Å². The highest BCUT2D eigenvalue weighted by Crippen LogP contribution is 2.21. The molecular weight excluding hydrogens is 398 g/mol. The topological polar surface area (TPSA) is 81.8 Å². The summed E-state index contributed by atoms with van der Waals surface area (Å²) in [5.41, 5.74) is 2.08. The van der Waals surface area contributed by atoms with Crippen molar-refractivity contribution in [3.05, 3.63) is 92.3 Å². The number of halogens is 1. The lowest BCUT2D eigenvalue weighted by Gasteiger charge is -2.06. The van der Waals surface area contributed by atoms with E-state index in [2.05, 4.69) is 15.6 Å². The summed E-state index contributed by atoms with van der Waals surface area (Å²) in [6.45, 7) is 0.256. The third kappa shape index (κ3) is 3.88. The lowest BCUT2D eigenvalue weighted by Crippen LogP contribution is -2.21. The number of carbonyl (C=O) groups excluding carboxylic acids is 1. The Morgan fingerprint density at radius 3 is 2.57 bits per heavy atom. The molecule has 0 saturated heterocycles. The Balaban J connectivity index is 1.45. The van der Waals surface area contributed by atoms with Gasteiger partial charge in [-0.3, -0.25) is 14.2 Å². The Morgan fingerprint density at radius 2 is 1.86 bits per heavy atom. The number of aromatic nitrogens is 4. The molecule has 3 heterocycles. The van der Waals surface area contributed by atoms with Crippen LogP contribution in [0.3, 0.4) is 0 Å². The lowest BCUT2D eigenvalue weighted by molar-refractivity contribution is 0.0954. The van der Waals surface area contributed by atoms with E-state index in [-0.39, 0.29) is 18.0 Å². The van der Waals surface area contributed by atoms with Gasteiger partial charge in [0, 0.05) is 18.0 Å². The van der Waals surface area contributed by atoms with Crippen molar-refractivity contribution < 1.29 is 4.79 Å². The summed E-state index contributed by atoms with van der Waals surface area (Å²) >= 11 is 7.07. The minimum atomic E-state index is -0.205. The SMILES string of the molecule is O=C(NCc1cn(-c2ccc(-n3ccccc3=O)cc2)nn1)c1ccc(Cl)s1. The van der Waals surface area contributed by atoms with Crippen LogP contribution < -0.4 is 10.9 Å². The number of hydrogen-bond donors (Lipinski definition) is 1. The van der Waals surface area contributed by atoms with E-state index in [0.717, 1.165) is 11.4 Å². The van der Waals surface area contributed by atoms with Gasteiger partial charge in [0.25, 0.3) is 11.5 Å². The molecule has 0 aliphatic carbocycles. The second-order valence-corrected chi connectivity index (χ2v) is 7.58. The van der Waals surface area contributed by atoms with Crippen molar-refractivity contribution in [1.29, 1.82) is 0 Å². The number of benzene rings is 1. The van der Waals surface area contributed by atoms with Crippen LogP contribution in [0.1, 0.15) is 15.4 Å². The first-order valence-corrected chi connectivity index (χ1v) is 9.53. The minimum Gasteiger partial charge on any atom is -0.346 e. The van der Waals surface area contributed by atoms with Crippen molar-refractivity contribution in [3.63, 3.8) is 0 Å². The number of thiophene rings is 1. The number of carbonyl (C=O) groups is 1. The molecule has 0 saturated carbocycles. The van der Waals surface area contributed by atoms with Crippen LogP contribution in [-0.2, 0) is 6.54 Å². The first-order chi connectivity index (χ1) is 13.6. The molecule has 0 bridgehead atoms. The van der Waals surface area contributed by atoms with Gasteiger partial charge < -0.3 is 5.32 Å². The normalized spacial score (nSPS) is 10.8. The first kappa shape index (κ1) is 18.1. The molecule has 4 aromatic rings. The van der Waals surface area contributed by atoms with Crippen LogP contribution in [0.15, 0.2) is 71.8 Å². The summed E-state index contributed by atoms with van der Waals surface area (Å²) < 4.78 is 3.74. The summed E-state index contributed by atoms with van der Waals surface area (Å²) in [4.78, 5) is 24.5. The Kier molecular flexibility index (Phi) is 5.05. The highest BCUT2D eigenvalue weighted by molar-refractivity contribution is 7.17. The fourth-order valence-corrected chi connectivity index (χ4v) is 3.57. The Bertz CT molecular complexity index is 1180. The van der Waals surface area contributed by atoms with Crippen LogP contribution in [0.25, 0.3) is 11.4 Å². The third-order valence-electron chi connectivity index (χ3n) is 3.98. The second-order valence-electron chi connectivity index (χ2n) is 5.87. The van der Waals surface area contributed by atoms with Crippen molar-refractivity contribution in [1.82, 2.24) is 24.9 Å². The average molecular weight is 412 g/mol. The first-order valence-electron chi connectivity index (χ1n) is 8.33. The van der Waals surface area contributed by atoms with E-state index in [1.165, 1.54) is 17.4 Å². The highest BCUT2D eigenvalue weighted by Gasteiger charge is 2.10. The van der Waals surface area contributed by atoms with Crippen LogP contribution in [0.2, 0.25) is 4.34 Å². The van der Waals surface area contributed by atoms with Crippen LogP contribution in [0.5, 0.6) is 0 Å². The third-order valence-corrected chi connectivity index (χ3v) is 5.21. The summed E-state index contributed by atoms with van der Waals surface area (Å²) in [5, 5.41) is 11.0. The molecule has 1 amide bonds. The zero-order valence-electron chi connectivity index (χ0n) is 14.4. The fraction of sp³-hybridized carbons (Fsp3) is 0.0526. The van der Waals surface area contributed by atoms with E-state index < -0.39 is 0 Å². The molecule has 0 unspecified atom stereocenters. The number of hydrogen-bond acceptors (Lipinski definition) is 5. The lowest BCUT2D eigenvalue weighted by atomic mass is 10.2. The number of pyridine rings is 1.